The van der Waals surface area contributed by atoms with Gasteiger partial charge in [-0.15, -0.1) is 0 Å². The number of aldehydes is 1. The highest BCUT2D eigenvalue weighted by Crippen LogP contribution is 2.09. The molecule has 1 aliphatic rings. The Bertz CT molecular complexity index is 238. The molecule has 0 fully saturated rings. The van der Waals surface area contributed by atoms with Crippen LogP contribution in [0, 0.1) is 0 Å². The fraction of sp³-hybridized carbons (Fsp3) is 0.300. The molecule has 0 unspecified atom stereocenters. The van der Waals surface area contributed by atoms with Crippen molar-refractivity contribution in [1.29, 1.82) is 0 Å². The molecule has 2 nitrogen and oxygen atoms in total. The lowest BCUT2D eigenvalue weighted by atomic mass is 10.1. The molecule has 12 heavy (non-hydrogen) atoms. The van der Waals surface area contributed by atoms with Crippen molar-refractivity contribution in [2.24, 2.45) is 5.73 Å². The Hall–Kier alpha value is -1.15. The Balaban J connectivity index is 2.55. The minimum atomic E-state index is -0.368. The summed E-state index contributed by atoms with van der Waals surface area (Å²) in [4.78, 5) is 10.3. The van der Waals surface area contributed by atoms with Gasteiger partial charge in [0.15, 0.2) is 0 Å². The molecule has 0 bridgehead atoms. The summed E-state index contributed by atoms with van der Waals surface area (Å²) >= 11 is 0. The van der Waals surface area contributed by atoms with Gasteiger partial charge in [-0.2, -0.15) is 0 Å². The van der Waals surface area contributed by atoms with E-state index in [1.807, 2.05) is 18.2 Å². The van der Waals surface area contributed by atoms with E-state index in [9.17, 15) is 4.79 Å². The number of allylic oxidation sites excluding steroid dienone is 5. The molecule has 2 heteroatoms. The Labute approximate surface area is 72.5 Å². The molecule has 0 aromatic carbocycles. The van der Waals surface area contributed by atoms with Crippen LogP contribution in [0.5, 0.6) is 0 Å². The minimum absolute atomic E-state index is 0.368. The van der Waals surface area contributed by atoms with E-state index < -0.39 is 0 Å². The highest BCUT2D eigenvalue weighted by atomic mass is 16.1. The molecule has 0 aromatic rings. The summed E-state index contributed by atoms with van der Waals surface area (Å²) in [6.45, 7) is 0. The molecule has 1 rings (SSSR count). The average molecular weight is 163 g/mol. The van der Waals surface area contributed by atoms with Crippen LogP contribution in [0.2, 0.25) is 0 Å². The van der Waals surface area contributed by atoms with Gasteiger partial charge in [-0.25, -0.2) is 0 Å². The molecule has 0 radical (unpaired) electrons. The number of nitrogens with two attached hydrogens (primary N) is 1. The summed E-state index contributed by atoms with van der Waals surface area (Å²) in [6, 6.07) is -0.368. The molecule has 1 aliphatic carbocycles. The molecule has 0 saturated heterocycles. The van der Waals surface area contributed by atoms with Crippen molar-refractivity contribution >= 4 is 6.29 Å². The summed E-state index contributed by atoms with van der Waals surface area (Å²) in [7, 11) is 0. The van der Waals surface area contributed by atoms with E-state index in [2.05, 4.69) is 12.2 Å². The molecule has 1 atom stereocenters. The van der Waals surface area contributed by atoms with E-state index >= 15 is 0 Å². The van der Waals surface area contributed by atoms with Crippen molar-refractivity contribution in [3.05, 3.63) is 36.0 Å². The van der Waals surface area contributed by atoms with Gasteiger partial charge in [0.1, 0.15) is 6.29 Å². The maximum absolute atomic E-state index is 10.3. The third-order valence-corrected chi connectivity index (χ3v) is 1.70. The summed E-state index contributed by atoms with van der Waals surface area (Å²) in [5.74, 6) is 0. The van der Waals surface area contributed by atoms with Gasteiger partial charge in [0, 0.05) is 0 Å². The van der Waals surface area contributed by atoms with Gasteiger partial charge in [0.2, 0.25) is 0 Å². The second kappa shape index (κ2) is 4.67. The van der Waals surface area contributed by atoms with Crippen molar-refractivity contribution in [2.75, 3.05) is 0 Å². The predicted octanol–water partition coefficient (Wildman–Crippen LogP) is 1.35. The van der Waals surface area contributed by atoms with Gasteiger partial charge in [-0.3, -0.25) is 0 Å². The number of hydrogen-bond donors (Lipinski definition) is 1. The van der Waals surface area contributed by atoms with Crippen LogP contribution in [0.3, 0.4) is 0 Å². The first kappa shape index (κ1) is 8.94. The summed E-state index contributed by atoms with van der Waals surface area (Å²) in [6.07, 6.45) is 12.5. The van der Waals surface area contributed by atoms with E-state index in [-0.39, 0.29) is 6.04 Å². The van der Waals surface area contributed by atoms with E-state index in [0.29, 0.717) is 6.42 Å². The lowest BCUT2D eigenvalue weighted by molar-refractivity contribution is -0.108. The first-order valence-corrected chi connectivity index (χ1v) is 4.06. The lowest BCUT2D eigenvalue weighted by Crippen LogP contribution is -2.21. The van der Waals surface area contributed by atoms with E-state index in [1.165, 1.54) is 0 Å². The fourth-order valence-electron chi connectivity index (χ4n) is 1.08. The molecular formula is C10H13NO. The topological polar surface area (TPSA) is 43.1 Å². The SMILES string of the molecule is N[C@@H](C=O)CC1=CC=CCC=C1. The summed E-state index contributed by atoms with van der Waals surface area (Å²) < 4.78 is 0. The van der Waals surface area contributed by atoms with Crippen LogP contribution < -0.4 is 5.73 Å². The monoisotopic (exact) mass is 163 g/mol. The van der Waals surface area contributed by atoms with Gasteiger partial charge in [-0.1, -0.05) is 30.4 Å². The summed E-state index contributed by atoms with van der Waals surface area (Å²) in [5.41, 5.74) is 6.60. The van der Waals surface area contributed by atoms with Gasteiger partial charge in [-0.05, 0) is 18.4 Å². The molecule has 0 spiro atoms. The molecule has 2 N–H and O–H groups in total. The molecule has 0 aromatic heterocycles. The Kier molecular flexibility index (Phi) is 3.48. The van der Waals surface area contributed by atoms with Crippen molar-refractivity contribution in [1.82, 2.24) is 0 Å². The standard InChI is InChI=1S/C10H13NO/c11-10(8-12)7-9-5-3-1-2-4-6-9/h1,3-6,8,10H,2,7,11H2/t10-/m1/s1. The zero-order chi connectivity index (χ0) is 8.81. The van der Waals surface area contributed by atoms with Crippen LogP contribution in [0.25, 0.3) is 0 Å². The summed E-state index contributed by atoms with van der Waals surface area (Å²) in [5, 5.41) is 0. The van der Waals surface area contributed by atoms with Gasteiger partial charge < -0.3 is 10.5 Å². The van der Waals surface area contributed by atoms with Gasteiger partial charge in [0.05, 0.1) is 6.04 Å². The molecule has 0 aliphatic heterocycles. The van der Waals surface area contributed by atoms with E-state index in [1.54, 1.807) is 0 Å². The van der Waals surface area contributed by atoms with Crippen LogP contribution in [0.15, 0.2) is 36.0 Å². The van der Waals surface area contributed by atoms with Crippen molar-refractivity contribution in [3.8, 4) is 0 Å². The van der Waals surface area contributed by atoms with Crippen LogP contribution in [-0.2, 0) is 4.79 Å². The second-order valence-corrected chi connectivity index (χ2v) is 2.81. The van der Waals surface area contributed by atoms with E-state index in [4.69, 9.17) is 5.73 Å². The molecule has 64 valence electrons. The van der Waals surface area contributed by atoms with Crippen molar-refractivity contribution in [2.45, 2.75) is 18.9 Å². The normalized spacial score (nSPS) is 18.2. The fourth-order valence-corrected chi connectivity index (χ4v) is 1.08. The number of carbonyl (C=O) groups excluding carboxylic acids is 1. The first-order chi connectivity index (χ1) is 5.83. The Morgan fingerprint density at radius 2 is 2.42 bits per heavy atom. The average Bonchev–Trinajstić information content (AvgIpc) is 2.33. The molecule has 0 saturated carbocycles. The zero-order valence-electron chi connectivity index (χ0n) is 6.94. The number of rotatable bonds is 3. The first-order valence-electron chi connectivity index (χ1n) is 4.06. The third kappa shape index (κ3) is 2.84. The van der Waals surface area contributed by atoms with Gasteiger partial charge in [0.25, 0.3) is 0 Å². The highest BCUT2D eigenvalue weighted by Gasteiger charge is 2.01. The predicted molar refractivity (Wildman–Crippen MR) is 49.6 cm³/mol. The maximum atomic E-state index is 10.3. The third-order valence-electron chi connectivity index (χ3n) is 1.70. The largest absolute Gasteiger partial charge is 0.321 e. The minimum Gasteiger partial charge on any atom is -0.321 e. The Morgan fingerprint density at radius 3 is 3.17 bits per heavy atom. The Morgan fingerprint density at radius 1 is 1.58 bits per heavy atom. The molecule has 0 amide bonds. The van der Waals surface area contributed by atoms with Crippen LogP contribution >= 0.6 is 0 Å². The van der Waals surface area contributed by atoms with Gasteiger partial charge >= 0.3 is 0 Å². The number of hydrogen-bond acceptors (Lipinski definition) is 2. The quantitative estimate of drug-likeness (QED) is 0.638. The smallest absolute Gasteiger partial charge is 0.137 e. The number of carbonyl (C=O) groups is 1. The lowest BCUT2D eigenvalue weighted by Gasteiger charge is -2.02. The van der Waals surface area contributed by atoms with Crippen molar-refractivity contribution in [3.63, 3.8) is 0 Å². The molecular weight excluding hydrogens is 150 g/mol. The van der Waals surface area contributed by atoms with Crippen molar-refractivity contribution < 1.29 is 4.79 Å². The van der Waals surface area contributed by atoms with Crippen LogP contribution in [0.4, 0.5) is 0 Å². The zero-order valence-corrected chi connectivity index (χ0v) is 6.94. The van der Waals surface area contributed by atoms with Crippen LogP contribution in [-0.4, -0.2) is 12.3 Å². The second-order valence-electron chi connectivity index (χ2n) is 2.81. The van der Waals surface area contributed by atoms with Crippen LogP contribution in [0.1, 0.15) is 12.8 Å². The highest BCUT2D eigenvalue weighted by molar-refractivity contribution is 5.58. The van der Waals surface area contributed by atoms with E-state index in [0.717, 1.165) is 18.3 Å². The molecule has 0 heterocycles. The maximum Gasteiger partial charge on any atom is 0.137 e.